The number of nitrogens with two attached hydrogens (primary N) is 1. The van der Waals surface area contributed by atoms with Crippen molar-refractivity contribution in [2.24, 2.45) is 0 Å². The van der Waals surface area contributed by atoms with Gasteiger partial charge in [-0.15, -0.1) is 0 Å². The van der Waals surface area contributed by atoms with E-state index in [1.54, 1.807) is 103 Å². The number of amides is 4. The second-order valence-corrected chi connectivity index (χ2v) is 26.6. The van der Waals surface area contributed by atoms with E-state index in [1.807, 2.05) is 0 Å². The van der Waals surface area contributed by atoms with Gasteiger partial charge in [0.05, 0.1) is 30.9 Å². The molecule has 3 atom stereocenters. The Morgan fingerprint density at radius 2 is 0.720 bits per heavy atom. The quantitative estimate of drug-likeness (QED) is 0.0756. The summed E-state index contributed by atoms with van der Waals surface area (Å²) < 4.78 is 91.8. The molecule has 93 heavy (non-hydrogen) atoms. The number of ether oxygens (including phenoxy) is 9. The van der Waals surface area contributed by atoms with Crippen molar-refractivity contribution in [3.05, 3.63) is 156 Å². The maximum atomic E-state index is 14.1. The molecule has 3 aromatic carbocycles. The number of benzene rings is 3. The first-order valence-corrected chi connectivity index (χ1v) is 30.3. The summed E-state index contributed by atoms with van der Waals surface area (Å²) in [4.78, 5) is 101. The number of esters is 2. The van der Waals surface area contributed by atoms with Crippen LogP contribution in [0.3, 0.4) is 0 Å². The SMILES string of the molecule is COC(=O)c1ccc(F)cc1[C@@H](C)Oc1cc(Br)cnc1N.COC(=O)c1ccc(F)cc1[C@@H](C)Oc1cc(Br)cnc1N(C(=O)OC(C)(C)C)C(=O)OC(C)(C)C.C[C@@H](Oc1cc(Br)cnc1N(C(=O)OC(C)(C)C)C(=O)OC(C)(C)C)c1cc(F)ccc1C(=O)O. The number of carbonyl (C=O) groups excluding carboxylic acids is 6. The molecule has 6 rings (SSSR count). The number of halogens is 6. The fraction of sp³-hybridized carbons (Fsp3) is 0.375. The van der Waals surface area contributed by atoms with Crippen molar-refractivity contribution in [1.29, 1.82) is 0 Å². The highest BCUT2D eigenvalue weighted by Crippen LogP contribution is 2.38. The van der Waals surface area contributed by atoms with Gasteiger partial charge in [-0.05, 0) is 224 Å². The number of anilines is 3. The first-order valence-electron chi connectivity index (χ1n) is 27.9. The summed E-state index contributed by atoms with van der Waals surface area (Å²) in [5.41, 5.74) is 2.75. The Morgan fingerprint density at radius 3 is 1.01 bits per heavy atom. The highest BCUT2D eigenvalue weighted by atomic mass is 79.9. The van der Waals surface area contributed by atoms with Crippen LogP contribution in [0.5, 0.6) is 17.2 Å². The molecule has 0 spiro atoms. The number of pyridine rings is 3. The van der Waals surface area contributed by atoms with E-state index in [0.29, 0.717) is 34.5 Å². The van der Waals surface area contributed by atoms with Crippen molar-refractivity contribution in [3.8, 4) is 17.2 Å². The van der Waals surface area contributed by atoms with Gasteiger partial charge in [0.2, 0.25) is 0 Å². The van der Waals surface area contributed by atoms with E-state index in [-0.39, 0.29) is 56.8 Å². The molecule has 0 fully saturated rings. The monoisotopic (exact) mass is 1490 g/mol. The number of carbonyl (C=O) groups is 7. The van der Waals surface area contributed by atoms with Crippen LogP contribution >= 0.6 is 47.8 Å². The lowest BCUT2D eigenvalue weighted by molar-refractivity contribution is 0.0404. The molecule has 0 bridgehead atoms. The molecule has 0 aliphatic carbocycles. The number of imide groups is 2. The van der Waals surface area contributed by atoms with E-state index in [9.17, 15) is 51.8 Å². The zero-order valence-corrected chi connectivity index (χ0v) is 58.7. The van der Waals surface area contributed by atoms with Crippen molar-refractivity contribution < 1.29 is 94.5 Å². The van der Waals surface area contributed by atoms with Crippen LogP contribution in [0.15, 0.2) is 105 Å². The summed E-state index contributed by atoms with van der Waals surface area (Å²) in [6, 6.07) is 15.1. The third-order valence-corrected chi connectivity index (χ3v) is 12.8. The van der Waals surface area contributed by atoms with Crippen LogP contribution in [0.25, 0.3) is 0 Å². The zero-order chi connectivity index (χ0) is 70.4. The topological polar surface area (TPSA) is 294 Å². The zero-order valence-electron chi connectivity index (χ0n) is 54.0. The predicted molar refractivity (Wildman–Crippen MR) is 346 cm³/mol. The van der Waals surface area contributed by atoms with E-state index < -0.39 is 100 Å². The average molecular weight is 1490 g/mol. The van der Waals surface area contributed by atoms with E-state index in [2.05, 4.69) is 62.7 Å². The Morgan fingerprint density at radius 1 is 0.452 bits per heavy atom. The number of carboxylic acid groups (broad SMARTS) is 1. The van der Waals surface area contributed by atoms with Gasteiger partial charge in [-0.3, -0.25) is 0 Å². The molecule has 29 heteroatoms. The fourth-order valence-electron chi connectivity index (χ4n) is 7.75. The number of aromatic nitrogens is 3. The van der Waals surface area contributed by atoms with Crippen LogP contribution in [0, 0.1) is 17.5 Å². The van der Waals surface area contributed by atoms with Crippen LogP contribution in [-0.2, 0) is 28.4 Å². The molecule has 0 aliphatic heterocycles. The molecular weight excluding hydrogens is 1420 g/mol. The Bertz CT molecular complexity index is 3670. The minimum atomic E-state index is -1.27. The molecule has 502 valence electrons. The molecule has 3 heterocycles. The first-order chi connectivity index (χ1) is 42.9. The summed E-state index contributed by atoms with van der Waals surface area (Å²) in [5.74, 6) is -4.29. The summed E-state index contributed by atoms with van der Waals surface area (Å²) in [6.45, 7) is 24.4. The summed E-state index contributed by atoms with van der Waals surface area (Å²) in [6.07, 6.45) is -2.52. The summed E-state index contributed by atoms with van der Waals surface area (Å²) in [5, 5.41) is 9.49. The molecule has 3 N–H and O–H groups in total. The maximum absolute atomic E-state index is 14.1. The number of hydrogen-bond donors (Lipinski definition) is 2. The maximum Gasteiger partial charge on any atom is 0.425 e. The van der Waals surface area contributed by atoms with Gasteiger partial charge in [-0.25, -0.2) is 61.7 Å². The number of rotatable bonds is 14. The Balaban J connectivity index is 0.000000306. The molecule has 23 nitrogen and oxygen atoms in total. The number of nitrogen functional groups attached to an aromatic ring is 1. The lowest BCUT2D eigenvalue weighted by Crippen LogP contribution is -2.44. The average Bonchev–Trinajstić information content (AvgIpc) is 0.838. The smallest absolute Gasteiger partial charge is 0.425 e. The highest BCUT2D eigenvalue weighted by molar-refractivity contribution is 9.11. The van der Waals surface area contributed by atoms with Crippen molar-refractivity contribution >= 4 is 108 Å². The third kappa shape index (κ3) is 23.5. The van der Waals surface area contributed by atoms with Crippen LogP contribution in [-0.4, -0.2) is 99.0 Å². The second-order valence-electron chi connectivity index (χ2n) is 23.8. The number of carboxylic acids is 1. The normalized spacial score (nSPS) is 12.3. The van der Waals surface area contributed by atoms with Crippen LogP contribution in [0.2, 0.25) is 0 Å². The van der Waals surface area contributed by atoms with Crippen molar-refractivity contribution in [1.82, 2.24) is 15.0 Å². The minimum Gasteiger partial charge on any atom is -0.482 e. The van der Waals surface area contributed by atoms with Gasteiger partial charge in [0.15, 0.2) is 34.7 Å². The van der Waals surface area contributed by atoms with Gasteiger partial charge in [0.1, 0.15) is 58.2 Å². The number of aromatic carboxylic acids is 1. The molecule has 6 aromatic rings. The summed E-state index contributed by atoms with van der Waals surface area (Å²) in [7, 11) is 2.47. The first kappa shape index (κ1) is 76.9. The van der Waals surface area contributed by atoms with Gasteiger partial charge in [0.25, 0.3) is 0 Å². The molecule has 0 radical (unpaired) electrons. The molecule has 4 amide bonds. The fourth-order valence-corrected chi connectivity index (χ4v) is 8.68. The molecule has 0 saturated heterocycles. The van der Waals surface area contributed by atoms with E-state index in [4.69, 9.17) is 48.4 Å². The molecule has 0 unspecified atom stereocenters. The lowest BCUT2D eigenvalue weighted by atomic mass is 10.0. The Hall–Kier alpha value is -8.57. The lowest BCUT2D eigenvalue weighted by Gasteiger charge is -2.29. The van der Waals surface area contributed by atoms with Crippen LogP contribution in [0.4, 0.5) is 49.8 Å². The Kier molecular flexibility index (Phi) is 26.7. The number of methoxy groups -OCH3 is 2. The summed E-state index contributed by atoms with van der Waals surface area (Å²) >= 11 is 9.83. The molecule has 0 saturated carbocycles. The second kappa shape index (κ2) is 32.3. The van der Waals surface area contributed by atoms with E-state index in [0.717, 1.165) is 30.3 Å². The van der Waals surface area contributed by atoms with E-state index in [1.165, 1.54) is 76.1 Å². The van der Waals surface area contributed by atoms with Gasteiger partial charge >= 0.3 is 42.3 Å². The van der Waals surface area contributed by atoms with Crippen molar-refractivity contribution in [3.63, 3.8) is 0 Å². The predicted octanol–water partition coefficient (Wildman–Crippen LogP) is 16.6. The van der Waals surface area contributed by atoms with Crippen molar-refractivity contribution in [2.45, 2.75) is 145 Å². The Labute approximate surface area is 561 Å². The van der Waals surface area contributed by atoms with Crippen LogP contribution < -0.4 is 29.7 Å². The third-order valence-electron chi connectivity index (χ3n) is 11.5. The molecular formula is C64H72Br3F3N6O17. The minimum absolute atomic E-state index is 0.0336. The number of hydrogen-bond acceptors (Lipinski definition) is 20. The van der Waals surface area contributed by atoms with E-state index >= 15 is 0 Å². The highest BCUT2D eigenvalue weighted by Gasteiger charge is 2.38. The number of nitrogens with zero attached hydrogens (tertiary/aromatic N) is 5. The van der Waals surface area contributed by atoms with Gasteiger partial charge in [-0.1, -0.05) is 0 Å². The standard InChI is InChI=1S/C25H30BrFN2O7.C24H28BrFN2O7.C15H14BrFN2O3/c1-14(18-12-16(27)9-10-17(18)21(30)33-8)34-19-11-15(26)13-28-20(19)29(22(31)35-24(2,3)4)23(32)36-25(5,6)7;1-13(17-11-15(26)8-9-16(17)20(29)30)33-18-10-14(25)12-27-19(18)28(21(31)34-23(2,3)4)22(32)35-24(5,6)7;1-8(22-13-5-9(16)7-19-14(13)18)12-6-10(17)3-4-11(12)15(20)21-2/h9-14H,1-8H3;8-13H,1-7H3,(H,29,30);3-8H,1-2H3,(H2,18,19)/t14-;13-;8-/m111/s1. The van der Waals surface area contributed by atoms with Gasteiger partial charge < -0.3 is 53.5 Å². The van der Waals surface area contributed by atoms with Crippen LogP contribution in [0.1, 0.15) is 170 Å². The molecule has 0 aliphatic rings. The molecule has 3 aromatic heterocycles. The van der Waals surface area contributed by atoms with Crippen molar-refractivity contribution in [2.75, 3.05) is 29.8 Å². The largest absolute Gasteiger partial charge is 0.482 e. The van der Waals surface area contributed by atoms with Gasteiger partial charge in [-0.2, -0.15) is 9.80 Å². The van der Waals surface area contributed by atoms with Gasteiger partial charge in [0, 0.05) is 48.7 Å².